The van der Waals surface area contributed by atoms with Crippen LogP contribution in [0.1, 0.15) is 17.4 Å². The molecule has 0 aliphatic rings. The fourth-order valence-corrected chi connectivity index (χ4v) is 5.40. The van der Waals surface area contributed by atoms with Crippen LogP contribution < -0.4 is 10.0 Å². The Morgan fingerprint density at radius 3 is 2.81 bits per heavy atom. The minimum atomic E-state index is -3.54. The van der Waals surface area contributed by atoms with Gasteiger partial charge in [0.2, 0.25) is 10.0 Å². The lowest BCUT2D eigenvalue weighted by Gasteiger charge is -2.04. The Bertz CT molecular complexity index is 709. The number of hydrogen-bond acceptors (Lipinski definition) is 5. The SMILES string of the molecule is CCNCc1cc(S(=O)(=O)NCc2cnn(C)c2)c(Br)s1. The molecule has 2 N–H and O–H groups in total. The summed E-state index contributed by atoms with van der Waals surface area (Å²) < 4.78 is 29.5. The molecule has 116 valence electrons. The van der Waals surface area contributed by atoms with Crippen molar-refractivity contribution in [2.75, 3.05) is 6.54 Å². The first kappa shape index (κ1) is 16.6. The van der Waals surface area contributed by atoms with Gasteiger partial charge in [-0.25, -0.2) is 13.1 Å². The zero-order valence-electron chi connectivity index (χ0n) is 11.8. The quantitative estimate of drug-likeness (QED) is 0.753. The molecule has 0 bridgehead atoms. The molecular weight excluding hydrogens is 376 g/mol. The average Bonchev–Trinajstić information content (AvgIpc) is 3.00. The smallest absolute Gasteiger partial charge is 0.242 e. The van der Waals surface area contributed by atoms with Crippen molar-refractivity contribution >= 4 is 37.3 Å². The molecule has 0 saturated heterocycles. The molecule has 2 rings (SSSR count). The molecule has 0 aliphatic carbocycles. The number of sulfonamides is 1. The number of rotatable bonds is 7. The third-order valence-corrected chi connectivity index (χ3v) is 6.42. The van der Waals surface area contributed by atoms with Crippen LogP contribution in [0, 0.1) is 0 Å². The number of halogens is 1. The molecule has 0 aliphatic heterocycles. The van der Waals surface area contributed by atoms with Gasteiger partial charge in [-0.05, 0) is 28.5 Å². The number of nitrogens with one attached hydrogen (secondary N) is 2. The first-order valence-electron chi connectivity index (χ1n) is 6.38. The van der Waals surface area contributed by atoms with Crippen molar-refractivity contribution in [3.05, 3.63) is 32.7 Å². The molecule has 21 heavy (non-hydrogen) atoms. The van der Waals surface area contributed by atoms with E-state index in [0.29, 0.717) is 10.3 Å². The normalized spacial score (nSPS) is 12.0. The van der Waals surface area contributed by atoms with Crippen LogP contribution in [0.2, 0.25) is 0 Å². The summed E-state index contributed by atoms with van der Waals surface area (Å²) in [4.78, 5) is 1.26. The predicted molar refractivity (Wildman–Crippen MR) is 86.6 cm³/mol. The third-order valence-electron chi connectivity index (χ3n) is 2.77. The summed E-state index contributed by atoms with van der Waals surface area (Å²) in [5.74, 6) is 0. The standard InChI is InChI=1S/C12H17BrN4O2S2/c1-3-14-7-10-4-11(12(13)20-10)21(18,19)16-6-9-5-15-17(2)8-9/h4-5,8,14,16H,3,6-7H2,1-2H3. The maximum Gasteiger partial charge on any atom is 0.242 e. The van der Waals surface area contributed by atoms with Crippen molar-refractivity contribution in [1.29, 1.82) is 0 Å². The van der Waals surface area contributed by atoms with E-state index in [2.05, 4.69) is 31.1 Å². The lowest BCUT2D eigenvalue weighted by atomic mass is 10.4. The minimum absolute atomic E-state index is 0.223. The van der Waals surface area contributed by atoms with Crippen LogP contribution in [-0.4, -0.2) is 24.7 Å². The van der Waals surface area contributed by atoms with Gasteiger partial charge in [-0.2, -0.15) is 5.10 Å². The van der Waals surface area contributed by atoms with Gasteiger partial charge < -0.3 is 5.32 Å². The number of thiophene rings is 1. The van der Waals surface area contributed by atoms with E-state index < -0.39 is 10.0 Å². The Morgan fingerprint density at radius 1 is 1.43 bits per heavy atom. The van der Waals surface area contributed by atoms with Gasteiger partial charge >= 0.3 is 0 Å². The second kappa shape index (κ2) is 7.01. The minimum Gasteiger partial charge on any atom is -0.312 e. The van der Waals surface area contributed by atoms with Gasteiger partial charge in [0.05, 0.1) is 9.98 Å². The van der Waals surface area contributed by atoms with Crippen molar-refractivity contribution < 1.29 is 8.42 Å². The lowest BCUT2D eigenvalue weighted by Crippen LogP contribution is -2.23. The molecule has 0 aromatic carbocycles. The summed E-state index contributed by atoms with van der Waals surface area (Å²) in [6, 6.07) is 1.70. The van der Waals surface area contributed by atoms with E-state index in [0.717, 1.165) is 17.0 Å². The van der Waals surface area contributed by atoms with Crippen LogP contribution in [-0.2, 0) is 30.2 Å². The van der Waals surface area contributed by atoms with E-state index in [1.54, 1.807) is 30.2 Å². The van der Waals surface area contributed by atoms with Gasteiger partial charge in [-0.15, -0.1) is 11.3 Å². The van der Waals surface area contributed by atoms with Crippen molar-refractivity contribution in [3.63, 3.8) is 0 Å². The monoisotopic (exact) mass is 392 g/mol. The van der Waals surface area contributed by atoms with Crippen LogP contribution in [0.3, 0.4) is 0 Å². The molecule has 2 aromatic heterocycles. The van der Waals surface area contributed by atoms with Gasteiger partial charge in [0, 0.05) is 36.8 Å². The molecule has 0 spiro atoms. The van der Waals surface area contributed by atoms with E-state index in [1.165, 1.54) is 11.3 Å². The van der Waals surface area contributed by atoms with Gasteiger partial charge in [-0.3, -0.25) is 4.68 Å². The molecular formula is C12H17BrN4O2S2. The van der Waals surface area contributed by atoms with E-state index >= 15 is 0 Å². The van der Waals surface area contributed by atoms with Crippen molar-refractivity contribution in [2.24, 2.45) is 7.05 Å². The first-order chi connectivity index (χ1) is 9.92. The molecule has 0 saturated carbocycles. The van der Waals surface area contributed by atoms with E-state index in [4.69, 9.17) is 0 Å². The number of nitrogens with zero attached hydrogens (tertiary/aromatic N) is 2. The zero-order valence-corrected chi connectivity index (χ0v) is 15.0. The second-order valence-corrected chi connectivity index (χ2v) is 8.67. The van der Waals surface area contributed by atoms with E-state index in [1.807, 2.05) is 6.92 Å². The highest BCUT2D eigenvalue weighted by Crippen LogP contribution is 2.31. The number of aromatic nitrogens is 2. The molecule has 9 heteroatoms. The molecule has 0 atom stereocenters. The van der Waals surface area contributed by atoms with Gasteiger partial charge in [0.25, 0.3) is 0 Å². The number of aryl methyl sites for hydroxylation is 1. The maximum absolute atomic E-state index is 12.3. The number of hydrogen-bond donors (Lipinski definition) is 2. The molecule has 2 aromatic rings. The largest absolute Gasteiger partial charge is 0.312 e. The fraction of sp³-hybridized carbons (Fsp3) is 0.417. The summed E-state index contributed by atoms with van der Waals surface area (Å²) in [5, 5.41) is 7.19. The molecule has 0 radical (unpaired) electrons. The Morgan fingerprint density at radius 2 is 2.19 bits per heavy atom. The summed E-state index contributed by atoms with van der Waals surface area (Å²) >= 11 is 4.76. The third kappa shape index (κ3) is 4.36. The van der Waals surface area contributed by atoms with Gasteiger partial charge in [0.15, 0.2) is 0 Å². The Labute approximate surface area is 136 Å². The second-order valence-electron chi connectivity index (χ2n) is 4.48. The van der Waals surface area contributed by atoms with E-state index in [-0.39, 0.29) is 11.4 Å². The molecule has 2 heterocycles. The van der Waals surface area contributed by atoms with Crippen LogP contribution >= 0.6 is 27.3 Å². The predicted octanol–water partition coefficient (Wildman–Crippen LogP) is 1.83. The first-order valence-corrected chi connectivity index (χ1v) is 9.47. The maximum atomic E-state index is 12.3. The van der Waals surface area contributed by atoms with Crippen molar-refractivity contribution in [1.82, 2.24) is 19.8 Å². The average molecular weight is 393 g/mol. The summed E-state index contributed by atoms with van der Waals surface area (Å²) in [5.41, 5.74) is 0.820. The van der Waals surface area contributed by atoms with Crippen molar-refractivity contribution in [3.8, 4) is 0 Å². The highest BCUT2D eigenvalue weighted by Gasteiger charge is 2.20. The Hall–Kier alpha value is -0.740. The molecule has 6 nitrogen and oxygen atoms in total. The Kier molecular flexibility index (Phi) is 5.55. The van der Waals surface area contributed by atoms with Crippen LogP contribution in [0.5, 0.6) is 0 Å². The van der Waals surface area contributed by atoms with E-state index in [9.17, 15) is 8.42 Å². The van der Waals surface area contributed by atoms with Gasteiger partial charge in [-0.1, -0.05) is 6.92 Å². The van der Waals surface area contributed by atoms with Crippen LogP contribution in [0.25, 0.3) is 0 Å². The fourth-order valence-electron chi connectivity index (χ4n) is 1.74. The molecule has 0 amide bonds. The summed E-state index contributed by atoms with van der Waals surface area (Å²) in [6.45, 7) is 3.74. The molecule has 0 fully saturated rings. The highest BCUT2D eigenvalue weighted by molar-refractivity contribution is 9.11. The topological polar surface area (TPSA) is 76.0 Å². The zero-order chi connectivity index (χ0) is 15.5. The highest BCUT2D eigenvalue weighted by atomic mass is 79.9. The summed E-state index contributed by atoms with van der Waals surface area (Å²) in [7, 11) is -1.74. The summed E-state index contributed by atoms with van der Waals surface area (Å²) in [6.07, 6.45) is 3.42. The lowest BCUT2D eigenvalue weighted by molar-refractivity contribution is 0.581. The van der Waals surface area contributed by atoms with Crippen molar-refractivity contribution in [2.45, 2.75) is 24.9 Å². The van der Waals surface area contributed by atoms with Gasteiger partial charge in [0.1, 0.15) is 4.90 Å². The van der Waals surface area contributed by atoms with Crippen LogP contribution in [0.4, 0.5) is 0 Å². The Balaban J connectivity index is 2.09. The molecule has 0 unspecified atom stereocenters. The van der Waals surface area contributed by atoms with Crippen LogP contribution in [0.15, 0.2) is 27.1 Å².